The Morgan fingerprint density at radius 3 is 2.90 bits per heavy atom. The molecule has 0 radical (unpaired) electrons. The van der Waals surface area contributed by atoms with E-state index in [0.29, 0.717) is 29.0 Å². The van der Waals surface area contributed by atoms with Crippen LogP contribution in [0.15, 0.2) is 24.4 Å². The van der Waals surface area contributed by atoms with E-state index in [1.54, 1.807) is 18.2 Å². The highest BCUT2D eigenvalue weighted by molar-refractivity contribution is 6.31. The number of nitrogens with one attached hydrogen (secondary N) is 2. The minimum Gasteiger partial charge on any atom is -0.495 e. The summed E-state index contributed by atoms with van der Waals surface area (Å²) < 4.78 is 19.0. The van der Waals surface area contributed by atoms with Crippen LogP contribution < -0.4 is 15.4 Å². The van der Waals surface area contributed by atoms with Gasteiger partial charge in [-0.15, -0.1) is 0 Å². The number of ether oxygens (including phenoxy) is 1. The molecule has 2 aromatic rings. The first-order chi connectivity index (χ1) is 10.1. The van der Waals surface area contributed by atoms with Crippen molar-refractivity contribution in [2.75, 3.05) is 24.3 Å². The molecule has 2 rings (SSSR count). The van der Waals surface area contributed by atoms with Crippen LogP contribution in [-0.2, 0) is 0 Å². The Morgan fingerprint density at radius 2 is 2.19 bits per heavy atom. The van der Waals surface area contributed by atoms with E-state index in [0.717, 1.165) is 12.6 Å². The van der Waals surface area contributed by atoms with Gasteiger partial charge in [-0.25, -0.2) is 9.37 Å². The fraction of sp³-hybridized carbons (Fsp3) is 0.286. The molecule has 1 aromatic carbocycles. The monoisotopic (exact) mass is 310 g/mol. The van der Waals surface area contributed by atoms with Crippen molar-refractivity contribution in [1.82, 2.24) is 9.97 Å². The summed E-state index contributed by atoms with van der Waals surface area (Å²) in [7, 11) is 1.53. The van der Waals surface area contributed by atoms with Crippen molar-refractivity contribution in [2.24, 2.45) is 0 Å². The summed E-state index contributed by atoms with van der Waals surface area (Å²) in [6.45, 7) is 2.73. The van der Waals surface area contributed by atoms with E-state index in [-0.39, 0.29) is 5.82 Å². The predicted octanol–water partition coefficient (Wildman–Crippen LogP) is 3.84. The van der Waals surface area contributed by atoms with Crippen LogP contribution in [0, 0.1) is 5.82 Å². The number of halogens is 2. The molecule has 1 heterocycles. The smallest absolute Gasteiger partial charge is 0.224 e. The van der Waals surface area contributed by atoms with Crippen molar-refractivity contribution in [3.63, 3.8) is 0 Å². The Kier molecular flexibility index (Phi) is 5.16. The molecule has 5 nitrogen and oxygen atoms in total. The first kappa shape index (κ1) is 15.3. The fourth-order valence-corrected chi connectivity index (χ4v) is 1.85. The Bertz CT molecular complexity index is 624. The third-order valence-corrected chi connectivity index (χ3v) is 2.93. The number of hydrogen-bond donors (Lipinski definition) is 2. The summed E-state index contributed by atoms with van der Waals surface area (Å²) in [5.74, 6) is 0.408. The Hall–Kier alpha value is -2.08. The zero-order valence-electron chi connectivity index (χ0n) is 11.8. The highest BCUT2D eigenvalue weighted by atomic mass is 35.5. The molecular weight excluding hydrogens is 295 g/mol. The predicted molar refractivity (Wildman–Crippen MR) is 82.1 cm³/mol. The maximum Gasteiger partial charge on any atom is 0.224 e. The molecule has 0 spiro atoms. The van der Waals surface area contributed by atoms with Crippen LogP contribution in [0.1, 0.15) is 13.3 Å². The number of rotatable bonds is 6. The third kappa shape index (κ3) is 3.95. The van der Waals surface area contributed by atoms with Crippen molar-refractivity contribution in [1.29, 1.82) is 0 Å². The highest BCUT2D eigenvalue weighted by Crippen LogP contribution is 2.30. The van der Waals surface area contributed by atoms with Gasteiger partial charge in [-0.05, 0) is 24.6 Å². The molecule has 0 aliphatic heterocycles. The van der Waals surface area contributed by atoms with Gasteiger partial charge in [0.05, 0.1) is 19.0 Å². The number of hydrogen-bond acceptors (Lipinski definition) is 5. The molecule has 112 valence electrons. The van der Waals surface area contributed by atoms with Gasteiger partial charge in [0.2, 0.25) is 5.95 Å². The van der Waals surface area contributed by atoms with E-state index < -0.39 is 5.82 Å². The van der Waals surface area contributed by atoms with Gasteiger partial charge in [0.1, 0.15) is 5.75 Å². The second-order valence-electron chi connectivity index (χ2n) is 4.29. The molecule has 0 atom stereocenters. The van der Waals surface area contributed by atoms with Crippen molar-refractivity contribution in [3.05, 3.63) is 35.2 Å². The molecule has 1 aromatic heterocycles. The van der Waals surface area contributed by atoms with E-state index in [1.807, 2.05) is 6.92 Å². The molecule has 2 N–H and O–H groups in total. The maximum atomic E-state index is 13.8. The molecular formula is C14H16ClFN4O. The number of nitrogens with zero attached hydrogens (tertiary/aromatic N) is 2. The van der Waals surface area contributed by atoms with Gasteiger partial charge in [0.15, 0.2) is 11.6 Å². The van der Waals surface area contributed by atoms with Gasteiger partial charge >= 0.3 is 0 Å². The van der Waals surface area contributed by atoms with Crippen molar-refractivity contribution in [3.8, 4) is 5.75 Å². The van der Waals surface area contributed by atoms with Crippen LogP contribution in [0.3, 0.4) is 0 Å². The molecule has 0 bridgehead atoms. The van der Waals surface area contributed by atoms with Crippen LogP contribution in [0.5, 0.6) is 5.75 Å². The van der Waals surface area contributed by atoms with Gasteiger partial charge in [-0.1, -0.05) is 18.5 Å². The topological polar surface area (TPSA) is 59.1 Å². The second-order valence-corrected chi connectivity index (χ2v) is 4.72. The Morgan fingerprint density at radius 1 is 1.38 bits per heavy atom. The average Bonchev–Trinajstić information content (AvgIpc) is 2.48. The molecule has 0 fully saturated rings. The van der Waals surface area contributed by atoms with Crippen LogP contribution in [-0.4, -0.2) is 23.6 Å². The quantitative estimate of drug-likeness (QED) is 0.849. The Balaban J connectivity index is 2.28. The van der Waals surface area contributed by atoms with Gasteiger partial charge in [0.25, 0.3) is 0 Å². The summed E-state index contributed by atoms with van der Waals surface area (Å²) in [4.78, 5) is 7.99. The first-order valence-corrected chi connectivity index (χ1v) is 6.88. The number of anilines is 3. The summed E-state index contributed by atoms with van der Waals surface area (Å²) in [5.41, 5.74) is 0.532. The summed E-state index contributed by atoms with van der Waals surface area (Å²) in [5, 5.41) is 6.39. The van der Waals surface area contributed by atoms with Crippen LogP contribution in [0.25, 0.3) is 0 Å². The highest BCUT2D eigenvalue weighted by Gasteiger charge is 2.10. The van der Waals surface area contributed by atoms with E-state index in [2.05, 4.69) is 20.6 Å². The molecule has 0 saturated heterocycles. The zero-order valence-corrected chi connectivity index (χ0v) is 12.5. The zero-order chi connectivity index (χ0) is 15.2. The lowest BCUT2D eigenvalue weighted by Crippen LogP contribution is -2.07. The van der Waals surface area contributed by atoms with E-state index in [4.69, 9.17) is 16.3 Å². The molecule has 0 aliphatic rings. The molecule has 21 heavy (non-hydrogen) atoms. The molecule has 7 heteroatoms. The largest absolute Gasteiger partial charge is 0.495 e. The second kappa shape index (κ2) is 7.08. The molecule has 0 unspecified atom stereocenters. The lowest BCUT2D eigenvalue weighted by Gasteiger charge is -2.12. The van der Waals surface area contributed by atoms with Crippen LogP contribution >= 0.6 is 11.6 Å². The molecule has 0 saturated carbocycles. The van der Waals surface area contributed by atoms with E-state index >= 15 is 0 Å². The standard InChI is InChI=1S/C14H16ClFN4O/c1-3-6-17-14-18-8-10(16)13(20-14)19-11-7-9(15)4-5-12(11)21-2/h4-5,7-8H,3,6H2,1-2H3,(H2,17,18,19,20). The first-order valence-electron chi connectivity index (χ1n) is 6.51. The number of methoxy groups -OCH3 is 1. The van der Waals surface area contributed by atoms with Gasteiger partial charge < -0.3 is 15.4 Å². The summed E-state index contributed by atoms with van der Waals surface area (Å²) >= 11 is 5.95. The van der Waals surface area contributed by atoms with Crippen molar-refractivity contribution < 1.29 is 9.13 Å². The SMILES string of the molecule is CCCNc1ncc(F)c(Nc2cc(Cl)ccc2OC)n1. The van der Waals surface area contributed by atoms with Crippen molar-refractivity contribution >= 4 is 29.1 Å². The average molecular weight is 311 g/mol. The minimum absolute atomic E-state index is 0.0594. The van der Waals surface area contributed by atoms with Gasteiger partial charge in [-0.3, -0.25) is 0 Å². The maximum absolute atomic E-state index is 13.8. The van der Waals surface area contributed by atoms with E-state index in [1.165, 1.54) is 7.11 Å². The third-order valence-electron chi connectivity index (χ3n) is 2.69. The Labute approximate surface area is 127 Å². The van der Waals surface area contributed by atoms with E-state index in [9.17, 15) is 4.39 Å². The normalized spacial score (nSPS) is 10.3. The van der Waals surface area contributed by atoms with Gasteiger partial charge in [0, 0.05) is 11.6 Å². The van der Waals surface area contributed by atoms with Crippen molar-refractivity contribution in [2.45, 2.75) is 13.3 Å². The number of benzene rings is 1. The fourth-order valence-electron chi connectivity index (χ4n) is 1.68. The lowest BCUT2D eigenvalue weighted by atomic mass is 10.3. The minimum atomic E-state index is -0.556. The summed E-state index contributed by atoms with van der Waals surface area (Å²) in [6.07, 6.45) is 2.04. The van der Waals surface area contributed by atoms with Gasteiger partial charge in [-0.2, -0.15) is 4.98 Å². The molecule has 0 amide bonds. The lowest BCUT2D eigenvalue weighted by molar-refractivity contribution is 0.417. The number of aromatic nitrogens is 2. The molecule has 0 aliphatic carbocycles. The van der Waals surface area contributed by atoms with Crippen LogP contribution in [0.4, 0.5) is 21.8 Å². The summed E-state index contributed by atoms with van der Waals surface area (Å²) in [6, 6.07) is 5.03. The van der Waals surface area contributed by atoms with Crippen LogP contribution in [0.2, 0.25) is 5.02 Å².